The Morgan fingerprint density at radius 2 is 2.20 bits per heavy atom. The maximum atomic E-state index is 12.0. The maximum absolute atomic E-state index is 12.0. The first kappa shape index (κ1) is 19.0. The normalized spacial score (nSPS) is 10.5. The van der Waals surface area contributed by atoms with Crippen LogP contribution in [-0.4, -0.2) is 25.8 Å². The minimum Gasteiger partial charge on any atom is -0.493 e. The van der Waals surface area contributed by atoms with Gasteiger partial charge in [-0.1, -0.05) is 30.3 Å². The highest BCUT2D eigenvalue weighted by atomic mass is 79.9. The summed E-state index contributed by atoms with van der Waals surface area (Å²) in [6, 6.07) is 10.2. The molecule has 0 atom stereocenters. The summed E-state index contributed by atoms with van der Waals surface area (Å²) in [5, 5.41) is 4.44. The van der Waals surface area contributed by atoms with Crippen molar-refractivity contribution < 1.29 is 14.3 Å². The van der Waals surface area contributed by atoms with E-state index in [1.54, 1.807) is 49.6 Å². The predicted molar refractivity (Wildman–Crippen MR) is 103 cm³/mol. The molecule has 0 aliphatic heterocycles. The second kappa shape index (κ2) is 9.25. The summed E-state index contributed by atoms with van der Waals surface area (Å²) in [4.78, 5) is 12.0. The standard InChI is InChI=1S/C18H16BrClN2O3/c1-3-7-25-17-15(19)8-12(9-16(17)24-2)11-21-22-18(23)13-5-4-6-14(20)10-13/h3-6,8-11H,1,7H2,2H3,(H,22,23)/b21-11-. The summed E-state index contributed by atoms with van der Waals surface area (Å²) in [7, 11) is 1.55. The van der Waals surface area contributed by atoms with Crippen molar-refractivity contribution in [2.24, 2.45) is 5.10 Å². The van der Waals surface area contributed by atoms with Gasteiger partial charge < -0.3 is 9.47 Å². The van der Waals surface area contributed by atoms with Crippen LogP contribution < -0.4 is 14.9 Å². The highest BCUT2D eigenvalue weighted by molar-refractivity contribution is 9.10. The molecule has 0 aliphatic carbocycles. The molecule has 25 heavy (non-hydrogen) atoms. The largest absolute Gasteiger partial charge is 0.493 e. The summed E-state index contributed by atoms with van der Waals surface area (Å²) in [5.74, 6) is 0.761. The quantitative estimate of drug-likeness (QED) is 0.407. The number of hydrogen-bond donors (Lipinski definition) is 1. The van der Waals surface area contributed by atoms with Gasteiger partial charge in [-0.2, -0.15) is 5.10 Å². The SMILES string of the molecule is C=CCOc1c(Br)cc(/C=N\NC(=O)c2cccc(Cl)c2)cc1OC. The molecule has 0 saturated carbocycles. The van der Waals surface area contributed by atoms with Gasteiger partial charge in [-0.05, 0) is 51.8 Å². The number of rotatable bonds is 7. The van der Waals surface area contributed by atoms with Crippen LogP contribution in [0.15, 0.2) is 58.6 Å². The van der Waals surface area contributed by atoms with E-state index in [1.807, 2.05) is 0 Å². The third kappa shape index (κ3) is 5.34. The monoisotopic (exact) mass is 422 g/mol. The Labute approximate surface area is 159 Å². The lowest BCUT2D eigenvalue weighted by molar-refractivity contribution is 0.0955. The van der Waals surface area contributed by atoms with Crippen LogP contribution in [0.5, 0.6) is 11.5 Å². The molecular weight excluding hydrogens is 408 g/mol. The number of ether oxygens (including phenoxy) is 2. The Hall–Kier alpha value is -2.31. The second-order valence-electron chi connectivity index (χ2n) is 4.84. The summed E-state index contributed by atoms with van der Waals surface area (Å²) in [6.45, 7) is 3.97. The van der Waals surface area contributed by atoms with Crippen molar-refractivity contribution in [3.05, 3.63) is 69.7 Å². The second-order valence-corrected chi connectivity index (χ2v) is 6.13. The average Bonchev–Trinajstić information content (AvgIpc) is 2.60. The zero-order valence-electron chi connectivity index (χ0n) is 13.5. The lowest BCUT2D eigenvalue weighted by Gasteiger charge is -2.12. The van der Waals surface area contributed by atoms with Gasteiger partial charge >= 0.3 is 0 Å². The van der Waals surface area contributed by atoms with Gasteiger partial charge in [0.25, 0.3) is 5.91 Å². The van der Waals surface area contributed by atoms with E-state index < -0.39 is 0 Å². The van der Waals surface area contributed by atoms with Crippen molar-refractivity contribution in [2.75, 3.05) is 13.7 Å². The van der Waals surface area contributed by atoms with E-state index in [9.17, 15) is 4.79 Å². The topological polar surface area (TPSA) is 59.9 Å². The van der Waals surface area contributed by atoms with Crippen LogP contribution in [0.3, 0.4) is 0 Å². The summed E-state index contributed by atoms with van der Waals surface area (Å²) < 4.78 is 11.6. The minimum absolute atomic E-state index is 0.351. The highest BCUT2D eigenvalue weighted by Crippen LogP contribution is 2.36. The maximum Gasteiger partial charge on any atom is 0.271 e. The number of hydrazone groups is 1. The molecule has 2 aromatic carbocycles. The third-order valence-electron chi connectivity index (χ3n) is 3.06. The molecule has 0 aliphatic rings. The van der Waals surface area contributed by atoms with Gasteiger partial charge in [-0.15, -0.1) is 0 Å². The summed E-state index contributed by atoms with van der Waals surface area (Å²) >= 11 is 9.30. The number of hydrogen-bond acceptors (Lipinski definition) is 4. The Kier molecular flexibility index (Phi) is 7.03. The Morgan fingerprint density at radius 3 is 2.88 bits per heavy atom. The fraction of sp³-hybridized carbons (Fsp3) is 0.111. The molecule has 0 fully saturated rings. The van der Waals surface area contributed by atoms with Gasteiger partial charge in [0.2, 0.25) is 0 Å². The molecule has 0 heterocycles. The van der Waals surface area contributed by atoms with Gasteiger partial charge in [-0.25, -0.2) is 5.43 Å². The fourth-order valence-electron chi connectivity index (χ4n) is 1.96. The zero-order chi connectivity index (χ0) is 18.2. The molecule has 0 saturated heterocycles. The fourth-order valence-corrected chi connectivity index (χ4v) is 2.72. The first-order chi connectivity index (χ1) is 12.0. The first-order valence-corrected chi connectivity index (χ1v) is 8.42. The molecule has 0 bridgehead atoms. The molecule has 7 heteroatoms. The van der Waals surface area contributed by atoms with Gasteiger partial charge in [-0.3, -0.25) is 4.79 Å². The van der Waals surface area contributed by atoms with Crippen LogP contribution in [0.2, 0.25) is 5.02 Å². The molecule has 130 valence electrons. The zero-order valence-corrected chi connectivity index (χ0v) is 15.8. The number of amides is 1. The summed E-state index contributed by atoms with van der Waals surface area (Å²) in [6.07, 6.45) is 3.15. The molecule has 1 amide bonds. The average molecular weight is 424 g/mol. The van der Waals surface area contributed by atoms with Gasteiger partial charge in [0.05, 0.1) is 17.8 Å². The molecule has 0 radical (unpaired) electrons. The Bertz CT molecular complexity index is 809. The number of methoxy groups -OCH3 is 1. The van der Waals surface area contributed by atoms with E-state index in [1.165, 1.54) is 6.21 Å². The van der Waals surface area contributed by atoms with E-state index in [0.29, 0.717) is 33.2 Å². The smallest absolute Gasteiger partial charge is 0.271 e. The van der Waals surface area contributed by atoms with Crippen molar-refractivity contribution in [3.8, 4) is 11.5 Å². The number of carbonyl (C=O) groups excluding carboxylic acids is 1. The van der Waals surface area contributed by atoms with Crippen molar-refractivity contribution in [1.82, 2.24) is 5.43 Å². The third-order valence-corrected chi connectivity index (χ3v) is 3.89. The van der Waals surface area contributed by atoms with E-state index in [4.69, 9.17) is 21.1 Å². The molecule has 0 unspecified atom stereocenters. The van der Waals surface area contributed by atoms with Crippen LogP contribution in [0.4, 0.5) is 0 Å². The minimum atomic E-state index is -0.351. The Balaban J connectivity index is 2.11. The van der Waals surface area contributed by atoms with Gasteiger partial charge in [0.15, 0.2) is 11.5 Å². The number of nitrogens with one attached hydrogen (secondary N) is 1. The van der Waals surface area contributed by atoms with E-state index in [2.05, 4.69) is 33.0 Å². The molecule has 2 rings (SSSR count). The van der Waals surface area contributed by atoms with Gasteiger partial charge in [0.1, 0.15) is 6.61 Å². The van der Waals surface area contributed by atoms with E-state index in [-0.39, 0.29) is 5.91 Å². The van der Waals surface area contributed by atoms with Crippen LogP contribution in [-0.2, 0) is 0 Å². The molecular formula is C18H16BrClN2O3. The van der Waals surface area contributed by atoms with E-state index >= 15 is 0 Å². The molecule has 2 aromatic rings. The molecule has 1 N–H and O–H groups in total. The van der Waals surface area contributed by atoms with Crippen LogP contribution in [0, 0.1) is 0 Å². The van der Waals surface area contributed by atoms with Crippen LogP contribution in [0.1, 0.15) is 15.9 Å². The van der Waals surface area contributed by atoms with Crippen molar-refractivity contribution in [3.63, 3.8) is 0 Å². The van der Waals surface area contributed by atoms with Crippen molar-refractivity contribution in [1.29, 1.82) is 0 Å². The lowest BCUT2D eigenvalue weighted by atomic mass is 10.2. The van der Waals surface area contributed by atoms with Crippen molar-refractivity contribution >= 4 is 39.7 Å². The number of carbonyl (C=O) groups is 1. The molecule has 0 spiro atoms. The molecule has 0 aromatic heterocycles. The first-order valence-electron chi connectivity index (χ1n) is 7.25. The number of nitrogens with zero attached hydrogens (tertiary/aromatic N) is 1. The lowest BCUT2D eigenvalue weighted by Crippen LogP contribution is -2.17. The summed E-state index contributed by atoms with van der Waals surface area (Å²) in [5.41, 5.74) is 3.60. The number of benzene rings is 2. The van der Waals surface area contributed by atoms with E-state index in [0.717, 1.165) is 5.56 Å². The highest BCUT2D eigenvalue weighted by Gasteiger charge is 2.11. The molecule has 5 nitrogen and oxygen atoms in total. The number of halogens is 2. The van der Waals surface area contributed by atoms with Gasteiger partial charge in [0, 0.05) is 10.6 Å². The predicted octanol–water partition coefficient (Wildman–Crippen LogP) is 4.44. The van der Waals surface area contributed by atoms with Crippen LogP contribution >= 0.6 is 27.5 Å². The van der Waals surface area contributed by atoms with Crippen LogP contribution in [0.25, 0.3) is 0 Å². The Morgan fingerprint density at radius 1 is 1.40 bits per heavy atom. The van der Waals surface area contributed by atoms with Crippen molar-refractivity contribution in [2.45, 2.75) is 0 Å².